The van der Waals surface area contributed by atoms with E-state index in [1.807, 2.05) is 35.1 Å². The zero-order valence-electron chi connectivity index (χ0n) is 12.8. The van der Waals surface area contributed by atoms with E-state index in [0.717, 1.165) is 35.1 Å². The van der Waals surface area contributed by atoms with Crippen molar-refractivity contribution in [1.82, 2.24) is 15.1 Å². The van der Waals surface area contributed by atoms with E-state index in [-0.39, 0.29) is 0 Å². The molecule has 2 aromatic rings. The molecule has 2 rings (SSSR count). The first-order valence-electron chi connectivity index (χ1n) is 7.16. The number of nitrogens with zero attached hydrogens (tertiary/aromatic N) is 2. The van der Waals surface area contributed by atoms with Crippen LogP contribution in [-0.2, 0) is 11.3 Å². The number of rotatable bonds is 7. The van der Waals surface area contributed by atoms with Crippen molar-refractivity contribution >= 4 is 11.6 Å². The number of ether oxygens (including phenoxy) is 1. The van der Waals surface area contributed by atoms with E-state index in [1.165, 1.54) is 0 Å². The van der Waals surface area contributed by atoms with E-state index in [4.69, 9.17) is 16.3 Å². The topological polar surface area (TPSA) is 39.1 Å². The standard InChI is InChI=1S/C16H22ClN3O/c1-12(2)16-6-8-20(19-16)14-5-4-13(15(17)10-14)11-18-7-9-21-3/h4-6,8,10,12,18H,7,9,11H2,1-3H3. The number of halogens is 1. The second-order valence-electron chi connectivity index (χ2n) is 5.29. The molecule has 0 unspecified atom stereocenters. The van der Waals surface area contributed by atoms with Crippen molar-refractivity contribution < 1.29 is 4.74 Å². The van der Waals surface area contributed by atoms with Gasteiger partial charge in [0, 0.05) is 31.4 Å². The Morgan fingerprint density at radius 2 is 2.14 bits per heavy atom. The zero-order chi connectivity index (χ0) is 15.2. The first-order chi connectivity index (χ1) is 10.1. The molecule has 1 heterocycles. The van der Waals surface area contributed by atoms with Gasteiger partial charge in [0.1, 0.15) is 0 Å². The molecule has 0 spiro atoms. The lowest BCUT2D eigenvalue weighted by molar-refractivity contribution is 0.199. The van der Waals surface area contributed by atoms with Crippen molar-refractivity contribution in [3.05, 3.63) is 46.7 Å². The van der Waals surface area contributed by atoms with E-state index in [1.54, 1.807) is 7.11 Å². The first-order valence-corrected chi connectivity index (χ1v) is 7.53. The highest BCUT2D eigenvalue weighted by Gasteiger charge is 2.07. The Bertz CT molecular complexity index is 581. The minimum Gasteiger partial charge on any atom is -0.383 e. The summed E-state index contributed by atoms with van der Waals surface area (Å²) in [5.41, 5.74) is 3.14. The molecule has 1 N–H and O–H groups in total. The lowest BCUT2D eigenvalue weighted by Crippen LogP contribution is -2.18. The Labute approximate surface area is 131 Å². The molecule has 0 aliphatic rings. The van der Waals surface area contributed by atoms with Crippen molar-refractivity contribution in [2.24, 2.45) is 0 Å². The van der Waals surface area contributed by atoms with E-state index < -0.39 is 0 Å². The third-order valence-corrected chi connectivity index (χ3v) is 3.65. The Morgan fingerprint density at radius 1 is 1.33 bits per heavy atom. The lowest BCUT2D eigenvalue weighted by Gasteiger charge is -2.09. The molecule has 0 radical (unpaired) electrons. The molecule has 4 nitrogen and oxygen atoms in total. The number of hydrogen-bond acceptors (Lipinski definition) is 3. The predicted octanol–water partition coefficient (Wildman–Crippen LogP) is 3.39. The Hall–Kier alpha value is -1.36. The van der Waals surface area contributed by atoms with Gasteiger partial charge in [-0.3, -0.25) is 0 Å². The fraction of sp³-hybridized carbons (Fsp3) is 0.438. The highest BCUT2D eigenvalue weighted by molar-refractivity contribution is 6.31. The van der Waals surface area contributed by atoms with Crippen LogP contribution in [0.1, 0.15) is 31.0 Å². The summed E-state index contributed by atoms with van der Waals surface area (Å²) in [6, 6.07) is 8.06. The summed E-state index contributed by atoms with van der Waals surface area (Å²) in [6.45, 7) is 6.51. The zero-order valence-corrected chi connectivity index (χ0v) is 13.5. The Morgan fingerprint density at radius 3 is 2.76 bits per heavy atom. The van der Waals surface area contributed by atoms with Crippen LogP contribution in [0.5, 0.6) is 0 Å². The number of nitrogens with one attached hydrogen (secondary N) is 1. The second kappa shape index (κ2) is 7.59. The normalized spacial score (nSPS) is 11.3. The van der Waals surface area contributed by atoms with Crippen molar-refractivity contribution in [1.29, 1.82) is 0 Å². The van der Waals surface area contributed by atoms with Crippen LogP contribution in [-0.4, -0.2) is 30.0 Å². The van der Waals surface area contributed by atoms with Crippen molar-refractivity contribution in [3.8, 4) is 5.69 Å². The van der Waals surface area contributed by atoms with Crippen LogP contribution >= 0.6 is 11.6 Å². The van der Waals surface area contributed by atoms with Gasteiger partial charge in [-0.05, 0) is 29.7 Å². The maximum absolute atomic E-state index is 6.35. The van der Waals surface area contributed by atoms with Crippen LogP contribution in [0.15, 0.2) is 30.5 Å². The molecule has 0 bridgehead atoms. The number of aromatic nitrogens is 2. The summed E-state index contributed by atoms with van der Waals surface area (Å²) in [5, 5.41) is 8.60. The molecular formula is C16H22ClN3O. The van der Waals surface area contributed by atoms with Gasteiger partial charge in [0.15, 0.2) is 0 Å². The molecule has 21 heavy (non-hydrogen) atoms. The molecule has 1 aromatic heterocycles. The van der Waals surface area contributed by atoms with Crippen molar-refractivity contribution in [3.63, 3.8) is 0 Å². The number of methoxy groups -OCH3 is 1. The quantitative estimate of drug-likeness (QED) is 0.797. The molecule has 0 saturated carbocycles. The van der Waals surface area contributed by atoms with Crippen LogP contribution in [0, 0.1) is 0 Å². The molecule has 0 aliphatic heterocycles. The van der Waals surface area contributed by atoms with Gasteiger partial charge >= 0.3 is 0 Å². The molecule has 1 aromatic carbocycles. The third-order valence-electron chi connectivity index (χ3n) is 3.30. The highest BCUT2D eigenvalue weighted by Crippen LogP contribution is 2.21. The smallest absolute Gasteiger partial charge is 0.0660 e. The Kier molecular flexibility index (Phi) is 5.79. The fourth-order valence-electron chi connectivity index (χ4n) is 2.01. The molecule has 114 valence electrons. The summed E-state index contributed by atoms with van der Waals surface area (Å²) in [6.07, 6.45) is 1.97. The largest absolute Gasteiger partial charge is 0.383 e. The lowest BCUT2D eigenvalue weighted by atomic mass is 10.1. The van der Waals surface area contributed by atoms with Crippen LogP contribution in [0.3, 0.4) is 0 Å². The third kappa shape index (κ3) is 4.30. The maximum atomic E-state index is 6.35. The van der Waals surface area contributed by atoms with Crippen LogP contribution in [0.4, 0.5) is 0 Å². The second-order valence-corrected chi connectivity index (χ2v) is 5.69. The van der Waals surface area contributed by atoms with E-state index in [2.05, 4.69) is 24.3 Å². The fourth-order valence-corrected chi connectivity index (χ4v) is 2.25. The molecule has 0 atom stereocenters. The maximum Gasteiger partial charge on any atom is 0.0660 e. The number of hydrogen-bond donors (Lipinski definition) is 1. The summed E-state index contributed by atoms with van der Waals surface area (Å²) in [5.74, 6) is 0.422. The van der Waals surface area contributed by atoms with Crippen LogP contribution < -0.4 is 5.32 Å². The molecule has 0 fully saturated rings. The molecule has 0 saturated heterocycles. The van der Waals surface area contributed by atoms with Gasteiger partial charge in [0.2, 0.25) is 0 Å². The molecule has 0 aliphatic carbocycles. The van der Waals surface area contributed by atoms with E-state index >= 15 is 0 Å². The van der Waals surface area contributed by atoms with Gasteiger partial charge in [-0.15, -0.1) is 0 Å². The van der Waals surface area contributed by atoms with Crippen molar-refractivity contribution in [2.45, 2.75) is 26.3 Å². The van der Waals surface area contributed by atoms with Gasteiger partial charge in [0.25, 0.3) is 0 Å². The minimum absolute atomic E-state index is 0.422. The summed E-state index contributed by atoms with van der Waals surface area (Å²) in [4.78, 5) is 0. The number of benzene rings is 1. The van der Waals surface area contributed by atoms with Crippen molar-refractivity contribution in [2.75, 3.05) is 20.3 Å². The molecular weight excluding hydrogens is 286 g/mol. The van der Waals surface area contributed by atoms with Gasteiger partial charge < -0.3 is 10.1 Å². The monoisotopic (exact) mass is 307 g/mol. The average Bonchev–Trinajstić information content (AvgIpc) is 2.95. The predicted molar refractivity (Wildman–Crippen MR) is 86.2 cm³/mol. The van der Waals surface area contributed by atoms with E-state index in [9.17, 15) is 0 Å². The van der Waals surface area contributed by atoms with Gasteiger partial charge in [0.05, 0.1) is 18.0 Å². The van der Waals surface area contributed by atoms with Crippen LogP contribution in [0.2, 0.25) is 5.02 Å². The Balaban J connectivity index is 2.07. The van der Waals surface area contributed by atoms with Gasteiger partial charge in [-0.1, -0.05) is 31.5 Å². The highest BCUT2D eigenvalue weighted by atomic mass is 35.5. The molecule has 0 amide bonds. The average molecular weight is 308 g/mol. The first kappa shape index (κ1) is 16.0. The summed E-state index contributed by atoms with van der Waals surface area (Å²) in [7, 11) is 1.69. The van der Waals surface area contributed by atoms with Gasteiger partial charge in [-0.25, -0.2) is 4.68 Å². The van der Waals surface area contributed by atoms with Gasteiger partial charge in [-0.2, -0.15) is 5.10 Å². The molecule has 5 heteroatoms. The minimum atomic E-state index is 0.422. The summed E-state index contributed by atoms with van der Waals surface area (Å²) >= 11 is 6.35. The SMILES string of the molecule is COCCNCc1ccc(-n2ccc(C(C)C)n2)cc1Cl. The van der Waals surface area contributed by atoms with Crippen LogP contribution in [0.25, 0.3) is 5.69 Å². The van der Waals surface area contributed by atoms with E-state index in [0.29, 0.717) is 12.5 Å². The summed E-state index contributed by atoms with van der Waals surface area (Å²) < 4.78 is 6.87.